The number of thiophene rings is 1. The Kier molecular flexibility index (Phi) is 5.64. The normalized spacial score (nSPS) is 18.7. The number of hydrogen-bond donors (Lipinski definition) is 3. The zero-order chi connectivity index (χ0) is 25.7. The summed E-state index contributed by atoms with van der Waals surface area (Å²) in [4.78, 5) is 28.8. The lowest BCUT2D eigenvalue weighted by Gasteiger charge is -2.34. The summed E-state index contributed by atoms with van der Waals surface area (Å²) in [6.07, 6.45) is 0.999. The molecule has 0 unspecified atom stereocenters. The van der Waals surface area contributed by atoms with Gasteiger partial charge in [-0.25, -0.2) is 4.68 Å². The smallest absolute Gasteiger partial charge is 0.277 e. The van der Waals surface area contributed by atoms with E-state index in [1.54, 1.807) is 23.5 Å². The number of phenolic OH excluding ortho intramolecular Hbond substituents is 1. The minimum Gasteiger partial charge on any atom is -0.502 e. The van der Waals surface area contributed by atoms with Gasteiger partial charge in [0, 0.05) is 34.4 Å². The SMILES string of the molecule is COc1cc([C@@H]2C3=C(C[C@@H](c4cccs4)CC3=O)Nc3[nH]n(-c4ccccc4)c(=O)c32)cc(OC)c1O. The van der Waals surface area contributed by atoms with Crippen LogP contribution in [0.2, 0.25) is 0 Å². The van der Waals surface area contributed by atoms with E-state index in [0.29, 0.717) is 41.0 Å². The maximum Gasteiger partial charge on any atom is 0.277 e. The highest BCUT2D eigenvalue weighted by molar-refractivity contribution is 7.10. The number of ketones is 1. The van der Waals surface area contributed by atoms with Gasteiger partial charge in [0.15, 0.2) is 17.3 Å². The number of allylic oxidation sites excluding steroid dienone is 2. The van der Waals surface area contributed by atoms with Gasteiger partial charge in [0.25, 0.3) is 5.56 Å². The Bertz CT molecular complexity index is 1560. The Morgan fingerprint density at radius 3 is 2.38 bits per heavy atom. The van der Waals surface area contributed by atoms with E-state index in [2.05, 4.69) is 16.5 Å². The van der Waals surface area contributed by atoms with E-state index in [1.165, 1.54) is 18.9 Å². The molecule has 0 bridgehead atoms. The molecule has 0 fully saturated rings. The molecule has 8 nitrogen and oxygen atoms in total. The van der Waals surface area contributed by atoms with Crippen LogP contribution in [0.25, 0.3) is 5.69 Å². The molecule has 1 aliphatic carbocycles. The number of fused-ring (bicyclic) bond motifs is 1. The van der Waals surface area contributed by atoms with Crippen LogP contribution >= 0.6 is 11.3 Å². The van der Waals surface area contributed by atoms with Gasteiger partial charge < -0.3 is 19.9 Å². The molecule has 3 N–H and O–H groups in total. The van der Waals surface area contributed by atoms with E-state index in [4.69, 9.17) is 9.47 Å². The second-order valence-electron chi connectivity index (χ2n) is 9.14. The first-order valence-electron chi connectivity index (χ1n) is 11.9. The number of anilines is 1. The average Bonchev–Trinajstić information content (AvgIpc) is 3.57. The van der Waals surface area contributed by atoms with E-state index >= 15 is 0 Å². The van der Waals surface area contributed by atoms with Crippen molar-refractivity contribution in [1.82, 2.24) is 9.78 Å². The number of carbonyl (C=O) groups is 1. The summed E-state index contributed by atoms with van der Waals surface area (Å²) in [5, 5.41) is 19.2. The number of aromatic amines is 1. The fraction of sp³-hybridized carbons (Fsp3) is 0.214. The maximum atomic E-state index is 13.9. The highest BCUT2D eigenvalue weighted by Crippen LogP contribution is 2.49. The molecule has 9 heteroatoms. The van der Waals surface area contributed by atoms with Crippen LogP contribution in [0.4, 0.5) is 5.82 Å². The predicted molar refractivity (Wildman–Crippen MR) is 141 cm³/mol. The largest absolute Gasteiger partial charge is 0.502 e. The molecule has 4 aromatic rings. The minimum absolute atomic E-state index is 0.0133. The number of phenols is 1. The predicted octanol–water partition coefficient (Wildman–Crippen LogP) is 4.91. The van der Waals surface area contributed by atoms with Crippen molar-refractivity contribution < 1.29 is 19.4 Å². The number of methoxy groups -OCH3 is 2. The molecule has 2 aromatic carbocycles. The number of carbonyl (C=O) groups excluding carboxylic acids is 1. The third-order valence-corrected chi connectivity index (χ3v) is 8.12. The van der Waals surface area contributed by atoms with Gasteiger partial charge >= 0.3 is 0 Å². The van der Waals surface area contributed by atoms with E-state index in [0.717, 1.165) is 10.6 Å². The molecule has 188 valence electrons. The number of aromatic hydroxyl groups is 1. The van der Waals surface area contributed by atoms with Crippen molar-refractivity contribution in [3.8, 4) is 22.9 Å². The van der Waals surface area contributed by atoms with Crippen LogP contribution in [0.1, 0.15) is 40.7 Å². The molecule has 2 aliphatic rings. The van der Waals surface area contributed by atoms with Crippen molar-refractivity contribution >= 4 is 22.9 Å². The van der Waals surface area contributed by atoms with Gasteiger partial charge in [-0.05, 0) is 47.7 Å². The van der Waals surface area contributed by atoms with Crippen molar-refractivity contribution in [2.24, 2.45) is 0 Å². The van der Waals surface area contributed by atoms with Crippen LogP contribution in [-0.4, -0.2) is 34.9 Å². The highest BCUT2D eigenvalue weighted by Gasteiger charge is 2.42. The van der Waals surface area contributed by atoms with Crippen LogP contribution in [0, 0.1) is 0 Å². The Morgan fingerprint density at radius 2 is 1.73 bits per heavy atom. The average molecular weight is 516 g/mol. The molecule has 0 radical (unpaired) electrons. The second-order valence-corrected chi connectivity index (χ2v) is 10.1. The number of rotatable bonds is 5. The van der Waals surface area contributed by atoms with E-state index in [9.17, 15) is 14.7 Å². The molecule has 0 amide bonds. The number of para-hydroxylation sites is 1. The summed E-state index contributed by atoms with van der Waals surface area (Å²) in [5.74, 6) is 0.197. The van der Waals surface area contributed by atoms with Gasteiger partial charge in [0.2, 0.25) is 5.75 Å². The molecule has 0 saturated heterocycles. The van der Waals surface area contributed by atoms with Gasteiger partial charge in [-0.2, -0.15) is 0 Å². The Hall–Kier alpha value is -4.24. The Balaban J connectivity index is 1.57. The molecule has 1 aliphatic heterocycles. The quantitative estimate of drug-likeness (QED) is 0.349. The number of benzene rings is 2. The third-order valence-electron chi connectivity index (χ3n) is 7.08. The fourth-order valence-electron chi connectivity index (χ4n) is 5.39. The van der Waals surface area contributed by atoms with Gasteiger partial charge in [-0.15, -0.1) is 11.3 Å². The number of H-pyrrole nitrogens is 1. The molecule has 37 heavy (non-hydrogen) atoms. The summed E-state index contributed by atoms with van der Waals surface area (Å²) in [5.41, 5.74) is 2.83. The first-order chi connectivity index (χ1) is 18.0. The van der Waals surface area contributed by atoms with Crippen molar-refractivity contribution in [3.63, 3.8) is 0 Å². The zero-order valence-electron chi connectivity index (χ0n) is 20.3. The van der Waals surface area contributed by atoms with Crippen LogP contribution in [0.5, 0.6) is 17.2 Å². The van der Waals surface area contributed by atoms with Gasteiger partial charge in [0.1, 0.15) is 5.82 Å². The number of hydrogen-bond acceptors (Lipinski definition) is 7. The van der Waals surface area contributed by atoms with Gasteiger partial charge in [-0.3, -0.25) is 14.7 Å². The second kappa shape index (κ2) is 9.01. The molecule has 2 atom stereocenters. The number of nitrogens with one attached hydrogen (secondary N) is 2. The zero-order valence-corrected chi connectivity index (χ0v) is 21.1. The summed E-state index contributed by atoms with van der Waals surface area (Å²) in [7, 11) is 2.90. The number of ether oxygens (including phenoxy) is 2. The molecule has 0 saturated carbocycles. The van der Waals surface area contributed by atoms with E-state index in [1.807, 2.05) is 41.8 Å². The first kappa shape index (κ1) is 23.2. The van der Waals surface area contributed by atoms with Crippen molar-refractivity contribution in [2.45, 2.75) is 24.7 Å². The molecule has 6 rings (SSSR count). The monoisotopic (exact) mass is 515 g/mol. The standard InChI is InChI=1S/C28H25N3O5S/c1-35-20-13-16(14-21(36-2)26(20)33)23-24-18(11-15(12-19(24)32)22-9-6-10-37-22)29-27-25(23)28(34)31(30-27)17-7-4-3-5-8-17/h3-10,13-15,23,29-30,33H,11-12H2,1-2H3/t15-,23-/m1/s1. The van der Waals surface area contributed by atoms with E-state index < -0.39 is 5.92 Å². The molecule has 0 spiro atoms. The van der Waals surface area contributed by atoms with Crippen LogP contribution in [0.3, 0.4) is 0 Å². The first-order valence-corrected chi connectivity index (χ1v) is 12.8. The van der Waals surface area contributed by atoms with Gasteiger partial charge in [0.05, 0.1) is 25.5 Å². The van der Waals surface area contributed by atoms with Crippen LogP contribution in [0.15, 0.2) is 76.0 Å². The number of aromatic nitrogens is 2. The molecule has 3 heterocycles. The minimum atomic E-state index is -0.667. The Morgan fingerprint density at radius 1 is 1.00 bits per heavy atom. The molecular weight excluding hydrogens is 490 g/mol. The highest BCUT2D eigenvalue weighted by atomic mass is 32.1. The summed E-state index contributed by atoms with van der Waals surface area (Å²) >= 11 is 1.64. The van der Waals surface area contributed by atoms with Crippen molar-refractivity contribution in [1.29, 1.82) is 0 Å². The fourth-order valence-corrected chi connectivity index (χ4v) is 6.22. The lowest BCUT2D eigenvalue weighted by atomic mass is 9.74. The lowest BCUT2D eigenvalue weighted by molar-refractivity contribution is -0.116. The van der Waals surface area contributed by atoms with Gasteiger partial charge in [-0.1, -0.05) is 24.3 Å². The third kappa shape index (κ3) is 3.74. The summed E-state index contributed by atoms with van der Waals surface area (Å²) in [6, 6.07) is 16.7. The van der Waals surface area contributed by atoms with Crippen molar-refractivity contribution in [2.75, 3.05) is 19.5 Å². The summed E-state index contributed by atoms with van der Waals surface area (Å²) in [6.45, 7) is 0. The maximum absolute atomic E-state index is 13.9. The van der Waals surface area contributed by atoms with Crippen LogP contribution in [-0.2, 0) is 4.79 Å². The summed E-state index contributed by atoms with van der Waals surface area (Å²) < 4.78 is 12.3. The number of nitrogens with zero attached hydrogens (tertiary/aromatic N) is 1. The lowest BCUT2D eigenvalue weighted by Crippen LogP contribution is -2.31. The van der Waals surface area contributed by atoms with Crippen LogP contribution < -0.4 is 20.3 Å². The van der Waals surface area contributed by atoms with Crippen molar-refractivity contribution in [3.05, 3.63) is 97.6 Å². The molecule has 2 aromatic heterocycles. The number of Topliss-reactive ketones (excluding diaryl/α,β-unsaturated/α-hetero) is 1. The topological polar surface area (TPSA) is 106 Å². The Labute approximate surface area is 216 Å². The van der Waals surface area contributed by atoms with E-state index in [-0.39, 0.29) is 34.5 Å². The molecular formula is C28H25N3O5S.